The van der Waals surface area contributed by atoms with Gasteiger partial charge in [-0.2, -0.15) is 0 Å². The summed E-state index contributed by atoms with van der Waals surface area (Å²) in [5, 5.41) is 3.20. The SMILES string of the molecule is COc1ccc(N2CC(C(=O)Nc3cccnc3)CC2=O)cc1Cl. The molecule has 2 heterocycles. The highest BCUT2D eigenvalue weighted by Crippen LogP contribution is 2.32. The molecule has 6 nitrogen and oxygen atoms in total. The maximum atomic E-state index is 12.3. The van der Waals surface area contributed by atoms with Crippen LogP contribution in [0.5, 0.6) is 5.75 Å². The van der Waals surface area contributed by atoms with Crippen molar-refractivity contribution in [1.29, 1.82) is 0 Å². The number of methoxy groups -OCH3 is 1. The van der Waals surface area contributed by atoms with Crippen molar-refractivity contribution in [2.24, 2.45) is 5.92 Å². The first-order valence-electron chi connectivity index (χ1n) is 7.43. The zero-order valence-electron chi connectivity index (χ0n) is 13.0. The molecule has 1 fully saturated rings. The molecule has 124 valence electrons. The summed E-state index contributed by atoms with van der Waals surface area (Å²) in [6.45, 7) is 0.313. The Balaban J connectivity index is 1.71. The number of hydrogen-bond acceptors (Lipinski definition) is 4. The van der Waals surface area contributed by atoms with Crippen LogP contribution in [0, 0.1) is 5.92 Å². The second kappa shape index (κ2) is 6.88. The maximum Gasteiger partial charge on any atom is 0.229 e. The number of nitrogens with one attached hydrogen (secondary N) is 1. The molecule has 24 heavy (non-hydrogen) atoms. The summed E-state index contributed by atoms with van der Waals surface area (Å²) in [7, 11) is 1.53. The van der Waals surface area contributed by atoms with Crippen molar-refractivity contribution < 1.29 is 14.3 Å². The predicted octanol–water partition coefficient (Wildman–Crippen LogP) is 2.74. The Morgan fingerprint density at radius 2 is 2.25 bits per heavy atom. The fourth-order valence-corrected chi connectivity index (χ4v) is 2.89. The van der Waals surface area contributed by atoms with E-state index in [1.54, 1.807) is 47.6 Å². The Morgan fingerprint density at radius 1 is 1.42 bits per heavy atom. The summed E-state index contributed by atoms with van der Waals surface area (Å²) >= 11 is 6.11. The summed E-state index contributed by atoms with van der Waals surface area (Å²) < 4.78 is 5.11. The molecule has 7 heteroatoms. The molecule has 1 unspecified atom stereocenters. The normalized spacial score (nSPS) is 17.0. The van der Waals surface area contributed by atoms with Gasteiger partial charge in [-0.25, -0.2) is 0 Å². The number of nitrogens with zero attached hydrogens (tertiary/aromatic N) is 2. The van der Waals surface area contributed by atoms with Gasteiger partial charge in [0.05, 0.1) is 29.9 Å². The first kappa shape index (κ1) is 16.3. The molecule has 0 spiro atoms. The number of benzene rings is 1. The van der Waals surface area contributed by atoms with Crippen molar-refractivity contribution in [1.82, 2.24) is 4.98 Å². The van der Waals surface area contributed by atoms with Crippen LogP contribution in [-0.2, 0) is 9.59 Å². The highest BCUT2D eigenvalue weighted by atomic mass is 35.5. The van der Waals surface area contributed by atoms with E-state index in [1.165, 1.54) is 7.11 Å². The number of halogens is 1. The maximum absolute atomic E-state index is 12.3. The molecule has 1 atom stereocenters. The fourth-order valence-electron chi connectivity index (χ4n) is 2.64. The van der Waals surface area contributed by atoms with Crippen molar-refractivity contribution in [2.45, 2.75) is 6.42 Å². The third kappa shape index (κ3) is 3.33. The minimum atomic E-state index is -0.418. The van der Waals surface area contributed by atoms with Crippen molar-refractivity contribution in [3.8, 4) is 5.75 Å². The molecule has 2 amide bonds. The van der Waals surface area contributed by atoms with E-state index in [1.807, 2.05) is 0 Å². The van der Waals surface area contributed by atoms with Gasteiger partial charge < -0.3 is 15.0 Å². The third-order valence-electron chi connectivity index (χ3n) is 3.87. The zero-order chi connectivity index (χ0) is 17.1. The molecular weight excluding hydrogens is 330 g/mol. The number of aromatic nitrogens is 1. The van der Waals surface area contributed by atoms with Crippen LogP contribution in [0.15, 0.2) is 42.7 Å². The molecule has 1 aromatic carbocycles. The van der Waals surface area contributed by atoms with Crippen LogP contribution >= 0.6 is 11.6 Å². The van der Waals surface area contributed by atoms with Crippen molar-refractivity contribution >= 4 is 34.8 Å². The number of carbonyl (C=O) groups excluding carboxylic acids is 2. The summed E-state index contributed by atoms with van der Waals surface area (Å²) in [5.74, 6) is -0.183. The lowest BCUT2D eigenvalue weighted by molar-refractivity contribution is -0.122. The van der Waals surface area contributed by atoms with Gasteiger partial charge in [-0.1, -0.05) is 11.6 Å². The molecule has 0 bridgehead atoms. The average molecular weight is 346 g/mol. The Bertz CT molecular complexity index is 767. The first-order chi connectivity index (χ1) is 11.6. The van der Waals surface area contributed by atoms with Crippen molar-refractivity contribution in [2.75, 3.05) is 23.9 Å². The summed E-state index contributed by atoms with van der Waals surface area (Å²) in [6, 6.07) is 8.61. The third-order valence-corrected chi connectivity index (χ3v) is 4.17. The van der Waals surface area contributed by atoms with Crippen LogP contribution < -0.4 is 15.0 Å². The van der Waals surface area contributed by atoms with E-state index in [4.69, 9.17) is 16.3 Å². The standard InChI is InChI=1S/C17H16ClN3O3/c1-24-15-5-4-13(8-14(15)18)21-10-11(7-16(21)22)17(23)20-12-3-2-6-19-9-12/h2-6,8-9,11H,7,10H2,1H3,(H,20,23). The molecule has 0 radical (unpaired) electrons. The van der Waals surface area contributed by atoms with Crippen LogP contribution in [-0.4, -0.2) is 30.5 Å². The van der Waals surface area contributed by atoms with E-state index in [2.05, 4.69) is 10.3 Å². The van der Waals surface area contributed by atoms with Gasteiger partial charge >= 0.3 is 0 Å². The van der Waals surface area contributed by atoms with Gasteiger partial charge in [-0.3, -0.25) is 14.6 Å². The second-order valence-electron chi connectivity index (χ2n) is 5.46. The number of rotatable bonds is 4. The number of ether oxygens (including phenoxy) is 1. The number of amides is 2. The Hall–Kier alpha value is -2.60. The molecule has 1 N–H and O–H groups in total. The molecule has 1 aromatic heterocycles. The van der Waals surface area contributed by atoms with E-state index in [0.717, 1.165) is 0 Å². The highest BCUT2D eigenvalue weighted by molar-refractivity contribution is 6.32. The quantitative estimate of drug-likeness (QED) is 0.924. The van der Waals surface area contributed by atoms with Gasteiger partial charge in [0, 0.05) is 24.8 Å². The van der Waals surface area contributed by atoms with E-state index in [0.29, 0.717) is 28.7 Å². The molecule has 1 saturated heterocycles. The monoisotopic (exact) mass is 345 g/mol. The van der Waals surface area contributed by atoms with E-state index < -0.39 is 5.92 Å². The Morgan fingerprint density at radius 3 is 2.92 bits per heavy atom. The number of anilines is 2. The molecule has 0 saturated carbocycles. The predicted molar refractivity (Wildman–Crippen MR) is 91.3 cm³/mol. The molecule has 2 aromatic rings. The van der Waals surface area contributed by atoms with Crippen LogP contribution in [0.4, 0.5) is 11.4 Å². The lowest BCUT2D eigenvalue weighted by Gasteiger charge is -2.17. The Labute approximate surface area is 144 Å². The smallest absolute Gasteiger partial charge is 0.229 e. The number of hydrogen-bond donors (Lipinski definition) is 1. The summed E-state index contributed by atoms with van der Waals surface area (Å²) in [4.78, 5) is 30.1. The topological polar surface area (TPSA) is 71.5 Å². The zero-order valence-corrected chi connectivity index (χ0v) is 13.8. The van der Waals surface area contributed by atoms with Crippen LogP contribution in [0.3, 0.4) is 0 Å². The summed E-state index contributed by atoms with van der Waals surface area (Å²) in [6.07, 6.45) is 3.36. The molecule has 3 rings (SSSR count). The molecular formula is C17H16ClN3O3. The second-order valence-corrected chi connectivity index (χ2v) is 5.86. The van der Waals surface area contributed by atoms with Gasteiger partial charge in [-0.05, 0) is 30.3 Å². The van der Waals surface area contributed by atoms with Crippen LogP contribution in [0.25, 0.3) is 0 Å². The van der Waals surface area contributed by atoms with Gasteiger partial charge in [0.15, 0.2) is 0 Å². The number of carbonyl (C=O) groups is 2. The Kier molecular flexibility index (Phi) is 4.66. The van der Waals surface area contributed by atoms with Gasteiger partial charge in [0.2, 0.25) is 11.8 Å². The lowest BCUT2D eigenvalue weighted by atomic mass is 10.1. The minimum Gasteiger partial charge on any atom is -0.495 e. The van der Waals surface area contributed by atoms with Gasteiger partial charge in [0.25, 0.3) is 0 Å². The average Bonchev–Trinajstić information content (AvgIpc) is 2.98. The van der Waals surface area contributed by atoms with Crippen LogP contribution in [0.2, 0.25) is 5.02 Å². The first-order valence-corrected chi connectivity index (χ1v) is 7.81. The van der Waals surface area contributed by atoms with Gasteiger partial charge in [0.1, 0.15) is 5.75 Å². The van der Waals surface area contributed by atoms with Crippen molar-refractivity contribution in [3.05, 3.63) is 47.7 Å². The van der Waals surface area contributed by atoms with Crippen molar-refractivity contribution in [3.63, 3.8) is 0 Å². The molecule has 0 aliphatic carbocycles. The van der Waals surface area contributed by atoms with Crippen LogP contribution in [0.1, 0.15) is 6.42 Å². The number of pyridine rings is 1. The van der Waals surface area contributed by atoms with E-state index >= 15 is 0 Å². The van der Waals surface area contributed by atoms with E-state index in [-0.39, 0.29) is 18.2 Å². The fraction of sp³-hybridized carbons (Fsp3) is 0.235. The molecule has 1 aliphatic heterocycles. The lowest BCUT2D eigenvalue weighted by Crippen LogP contribution is -2.28. The minimum absolute atomic E-state index is 0.109. The molecule has 1 aliphatic rings. The van der Waals surface area contributed by atoms with E-state index in [9.17, 15) is 9.59 Å². The highest BCUT2D eigenvalue weighted by Gasteiger charge is 2.35. The summed E-state index contributed by atoms with van der Waals surface area (Å²) in [5.41, 5.74) is 1.27. The largest absolute Gasteiger partial charge is 0.495 e. The van der Waals surface area contributed by atoms with Gasteiger partial charge in [-0.15, -0.1) is 0 Å².